The lowest BCUT2D eigenvalue weighted by Crippen LogP contribution is -2.11. The van der Waals surface area contributed by atoms with Gasteiger partial charge < -0.3 is 5.21 Å². The molecule has 15 heavy (non-hydrogen) atoms. The summed E-state index contributed by atoms with van der Waals surface area (Å²) in [5.41, 5.74) is 4.79. The number of aryl methyl sites for hydroxylation is 1. The third kappa shape index (κ3) is 1.76. The van der Waals surface area contributed by atoms with Crippen LogP contribution in [-0.4, -0.2) is 10.9 Å². The molecule has 1 aromatic carbocycles. The van der Waals surface area contributed by atoms with Crippen molar-refractivity contribution in [1.29, 1.82) is 0 Å². The van der Waals surface area contributed by atoms with Crippen LogP contribution in [0.3, 0.4) is 0 Å². The predicted octanol–water partition coefficient (Wildman–Crippen LogP) is 3.11. The molecular weight excluding hydrogens is 186 g/mol. The first-order chi connectivity index (χ1) is 7.02. The molecule has 0 saturated carbocycles. The first-order valence-electron chi connectivity index (χ1n) is 5.37. The Morgan fingerprint density at radius 1 is 1.20 bits per heavy atom. The lowest BCUT2D eigenvalue weighted by Gasteiger charge is -2.19. The van der Waals surface area contributed by atoms with Crippen molar-refractivity contribution in [3.05, 3.63) is 34.9 Å². The van der Waals surface area contributed by atoms with Gasteiger partial charge >= 0.3 is 0 Å². The number of nitrogens with zero attached hydrogens (tertiary/aromatic N) is 1. The molecule has 0 radical (unpaired) electrons. The Balaban J connectivity index is 2.46. The zero-order valence-corrected chi connectivity index (χ0v) is 9.54. The molecule has 1 aliphatic carbocycles. The summed E-state index contributed by atoms with van der Waals surface area (Å²) in [7, 11) is 0. The summed E-state index contributed by atoms with van der Waals surface area (Å²) < 4.78 is 0. The molecule has 2 nitrogen and oxygen atoms in total. The molecule has 0 atom stereocenters. The van der Waals surface area contributed by atoms with Crippen LogP contribution in [0, 0.1) is 0 Å². The Hall–Kier alpha value is -1.31. The van der Waals surface area contributed by atoms with Gasteiger partial charge in [-0.25, -0.2) is 0 Å². The van der Waals surface area contributed by atoms with E-state index in [0.29, 0.717) is 0 Å². The second-order valence-electron chi connectivity index (χ2n) is 5.17. The lowest BCUT2D eigenvalue weighted by molar-refractivity contribution is 0.318. The molecule has 0 spiro atoms. The summed E-state index contributed by atoms with van der Waals surface area (Å²) in [6.45, 7) is 6.64. The van der Waals surface area contributed by atoms with Crippen molar-refractivity contribution in [3.63, 3.8) is 0 Å². The first-order valence-corrected chi connectivity index (χ1v) is 5.37. The Morgan fingerprint density at radius 2 is 1.93 bits per heavy atom. The minimum atomic E-state index is 0.189. The van der Waals surface area contributed by atoms with E-state index in [1.165, 1.54) is 11.1 Å². The maximum absolute atomic E-state index is 8.83. The molecule has 0 aliphatic heterocycles. The molecule has 0 saturated heterocycles. The highest BCUT2D eigenvalue weighted by Crippen LogP contribution is 2.29. The van der Waals surface area contributed by atoms with E-state index in [4.69, 9.17) is 5.21 Å². The Labute approximate surface area is 90.6 Å². The van der Waals surface area contributed by atoms with Crippen molar-refractivity contribution in [2.24, 2.45) is 5.16 Å². The van der Waals surface area contributed by atoms with Crippen LogP contribution in [-0.2, 0) is 11.8 Å². The highest BCUT2D eigenvalue weighted by Gasteiger charge is 2.21. The number of fused-ring (bicyclic) bond motifs is 1. The highest BCUT2D eigenvalue weighted by molar-refractivity contribution is 6.04. The Morgan fingerprint density at radius 3 is 2.53 bits per heavy atom. The average Bonchev–Trinajstić information content (AvgIpc) is 2.58. The molecule has 0 aromatic heterocycles. The molecule has 0 heterocycles. The summed E-state index contributed by atoms with van der Waals surface area (Å²) in [5, 5.41) is 12.2. The summed E-state index contributed by atoms with van der Waals surface area (Å²) in [5.74, 6) is 0. The van der Waals surface area contributed by atoms with Gasteiger partial charge in [0.2, 0.25) is 0 Å². The standard InChI is InChI=1S/C13H17NO/c1-13(2,3)10-5-6-11-9(8-10)4-7-12(11)14-15/h5-6,8,15H,4,7H2,1-3H3. The molecule has 1 aliphatic rings. The Bertz CT molecular complexity index is 413. The largest absolute Gasteiger partial charge is 0.411 e. The molecule has 0 bridgehead atoms. The van der Waals surface area contributed by atoms with E-state index in [0.717, 1.165) is 24.1 Å². The summed E-state index contributed by atoms with van der Waals surface area (Å²) in [4.78, 5) is 0. The minimum Gasteiger partial charge on any atom is -0.411 e. The maximum atomic E-state index is 8.83. The van der Waals surface area contributed by atoms with Crippen LogP contribution >= 0.6 is 0 Å². The monoisotopic (exact) mass is 203 g/mol. The minimum absolute atomic E-state index is 0.189. The molecule has 1 aromatic rings. The van der Waals surface area contributed by atoms with E-state index >= 15 is 0 Å². The second kappa shape index (κ2) is 3.37. The van der Waals surface area contributed by atoms with Gasteiger partial charge in [-0.3, -0.25) is 0 Å². The predicted molar refractivity (Wildman–Crippen MR) is 61.8 cm³/mol. The number of hydrogen-bond donors (Lipinski definition) is 1. The fraction of sp³-hybridized carbons (Fsp3) is 0.462. The molecule has 2 heteroatoms. The van der Waals surface area contributed by atoms with E-state index < -0.39 is 0 Å². The SMILES string of the molecule is CC(C)(C)c1ccc2c(c1)CCC2=NO. The normalized spacial score (nSPS) is 18.2. The molecule has 0 amide bonds. The molecule has 0 unspecified atom stereocenters. The third-order valence-electron chi connectivity index (χ3n) is 3.03. The van der Waals surface area contributed by atoms with Crippen molar-refractivity contribution in [2.45, 2.75) is 39.0 Å². The maximum Gasteiger partial charge on any atom is 0.0873 e. The van der Waals surface area contributed by atoms with Crippen molar-refractivity contribution in [1.82, 2.24) is 0 Å². The van der Waals surface area contributed by atoms with Gasteiger partial charge in [-0.15, -0.1) is 0 Å². The van der Waals surface area contributed by atoms with Crippen LogP contribution in [0.4, 0.5) is 0 Å². The molecular formula is C13H17NO. The van der Waals surface area contributed by atoms with Gasteiger partial charge in [0.1, 0.15) is 0 Å². The number of oxime groups is 1. The second-order valence-corrected chi connectivity index (χ2v) is 5.17. The zero-order valence-electron chi connectivity index (χ0n) is 9.54. The molecule has 1 N–H and O–H groups in total. The smallest absolute Gasteiger partial charge is 0.0873 e. The van der Waals surface area contributed by atoms with Gasteiger partial charge in [-0.05, 0) is 29.4 Å². The van der Waals surface area contributed by atoms with Gasteiger partial charge in [-0.1, -0.05) is 44.1 Å². The number of rotatable bonds is 0. The van der Waals surface area contributed by atoms with Crippen LogP contribution in [0.2, 0.25) is 0 Å². The third-order valence-corrected chi connectivity index (χ3v) is 3.03. The molecule has 0 fully saturated rings. The fourth-order valence-corrected chi connectivity index (χ4v) is 2.04. The zero-order chi connectivity index (χ0) is 11.1. The van der Waals surface area contributed by atoms with Gasteiger partial charge in [-0.2, -0.15) is 0 Å². The number of hydrogen-bond acceptors (Lipinski definition) is 2. The van der Waals surface area contributed by atoms with E-state index in [-0.39, 0.29) is 5.41 Å². The molecule has 2 rings (SSSR count). The summed E-state index contributed by atoms with van der Waals surface area (Å²) in [6.07, 6.45) is 1.86. The van der Waals surface area contributed by atoms with Crippen molar-refractivity contribution in [2.75, 3.05) is 0 Å². The quantitative estimate of drug-likeness (QED) is 0.510. The Kier molecular flexibility index (Phi) is 2.29. The lowest BCUT2D eigenvalue weighted by atomic mass is 9.85. The van der Waals surface area contributed by atoms with Crippen molar-refractivity contribution < 1.29 is 5.21 Å². The molecule has 80 valence electrons. The van der Waals surface area contributed by atoms with E-state index in [9.17, 15) is 0 Å². The number of benzene rings is 1. The first kappa shape index (κ1) is 10.2. The van der Waals surface area contributed by atoms with Crippen molar-refractivity contribution in [3.8, 4) is 0 Å². The van der Waals surface area contributed by atoms with Crippen LogP contribution < -0.4 is 0 Å². The van der Waals surface area contributed by atoms with Gasteiger partial charge in [0.15, 0.2) is 0 Å². The van der Waals surface area contributed by atoms with E-state index in [1.807, 2.05) is 0 Å². The average molecular weight is 203 g/mol. The van der Waals surface area contributed by atoms with E-state index in [2.05, 4.69) is 44.1 Å². The van der Waals surface area contributed by atoms with Crippen LogP contribution in [0.5, 0.6) is 0 Å². The van der Waals surface area contributed by atoms with Crippen LogP contribution in [0.15, 0.2) is 23.4 Å². The van der Waals surface area contributed by atoms with Gasteiger partial charge in [0.05, 0.1) is 5.71 Å². The van der Waals surface area contributed by atoms with Gasteiger partial charge in [0, 0.05) is 5.56 Å². The topological polar surface area (TPSA) is 32.6 Å². The summed E-state index contributed by atoms with van der Waals surface area (Å²) >= 11 is 0. The fourth-order valence-electron chi connectivity index (χ4n) is 2.04. The van der Waals surface area contributed by atoms with Crippen LogP contribution in [0.1, 0.15) is 43.9 Å². The van der Waals surface area contributed by atoms with Gasteiger partial charge in [0.25, 0.3) is 0 Å². The highest BCUT2D eigenvalue weighted by atomic mass is 16.4. The van der Waals surface area contributed by atoms with E-state index in [1.54, 1.807) is 0 Å². The summed E-state index contributed by atoms with van der Waals surface area (Å²) in [6, 6.07) is 6.46. The van der Waals surface area contributed by atoms with Crippen LogP contribution in [0.25, 0.3) is 0 Å². The van der Waals surface area contributed by atoms with Crippen molar-refractivity contribution >= 4 is 5.71 Å².